The molecule has 0 aliphatic carbocycles. The highest BCUT2D eigenvalue weighted by Crippen LogP contribution is 2.39. The minimum atomic E-state index is -5.39. The summed E-state index contributed by atoms with van der Waals surface area (Å²) in [6.07, 6.45) is -5.16. The fourth-order valence-electron chi connectivity index (χ4n) is 2.12. The van der Waals surface area contributed by atoms with E-state index < -0.39 is 59.9 Å². The Morgan fingerprint density at radius 3 is 2.31 bits per heavy atom. The molecule has 14 heteroatoms. The van der Waals surface area contributed by atoms with Gasteiger partial charge in [-0.3, -0.25) is 9.59 Å². The van der Waals surface area contributed by atoms with Gasteiger partial charge < -0.3 is 10.8 Å². The Kier molecular flexibility index (Phi) is 6.01. The van der Waals surface area contributed by atoms with Crippen LogP contribution >= 0.6 is 22.9 Å². The van der Waals surface area contributed by atoms with E-state index in [1.165, 1.54) is 5.38 Å². The van der Waals surface area contributed by atoms with Crippen molar-refractivity contribution in [1.82, 2.24) is 4.98 Å². The molecule has 0 atom stereocenters. The molecule has 0 aliphatic rings. The molecule has 158 valence electrons. The first-order valence-corrected chi connectivity index (χ1v) is 10.2. The van der Waals surface area contributed by atoms with Crippen molar-refractivity contribution in [3.8, 4) is 0 Å². The van der Waals surface area contributed by atoms with Gasteiger partial charge >= 0.3 is 6.18 Å². The molecular formula is C15H13ClF3N3O5S2. The topological polar surface area (TPSA) is 131 Å². The van der Waals surface area contributed by atoms with Crippen molar-refractivity contribution in [1.29, 1.82) is 0 Å². The number of hydrogen-bond donors (Lipinski definition) is 2. The molecule has 0 radical (unpaired) electrons. The second-order valence-electron chi connectivity index (χ2n) is 6.12. The third kappa shape index (κ3) is 4.52. The lowest BCUT2D eigenvalue weighted by Crippen LogP contribution is -2.49. The van der Waals surface area contributed by atoms with Gasteiger partial charge in [0.25, 0.3) is 21.8 Å². The fourth-order valence-corrected chi connectivity index (χ4v) is 5.16. The summed E-state index contributed by atoms with van der Waals surface area (Å²) < 4.78 is 66.3. The van der Waals surface area contributed by atoms with E-state index >= 15 is 0 Å². The molecule has 0 bridgehead atoms. The Bertz CT molecular complexity index is 1080. The van der Waals surface area contributed by atoms with Crippen LogP contribution in [0.2, 0.25) is 5.15 Å². The summed E-state index contributed by atoms with van der Waals surface area (Å²) in [5.41, 5.74) is 0.683. The van der Waals surface area contributed by atoms with Crippen LogP contribution in [0, 0.1) is 0 Å². The molecule has 2 amide bonds. The number of primary amides is 1. The molecule has 3 N–H and O–H groups in total. The Morgan fingerprint density at radius 2 is 1.83 bits per heavy atom. The van der Waals surface area contributed by atoms with E-state index in [4.69, 9.17) is 17.3 Å². The summed E-state index contributed by atoms with van der Waals surface area (Å²) in [7, 11) is -5.39. The van der Waals surface area contributed by atoms with Crippen molar-refractivity contribution >= 4 is 49.8 Å². The van der Waals surface area contributed by atoms with Crippen molar-refractivity contribution in [3.63, 3.8) is 0 Å². The molecule has 0 unspecified atom stereocenters. The Labute approximate surface area is 171 Å². The molecular weight excluding hydrogens is 459 g/mol. The summed E-state index contributed by atoms with van der Waals surface area (Å²) in [5.74, 6) is -2.67. The summed E-state index contributed by atoms with van der Waals surface area (Å²) >= 11 is 6.13. The second kappa shape index (κ2) is 7.55. The number of rotatable bonds is 5. The van der Waals surface area contributed by atoms with Crippen LogP contribution in [0.15, 0.2) is 28.6 Å². The van der Waals surface area contributed by atoms with Gasteiger partial charge in [0.1, 0.15) is 15.8 Å². The minimum Gasteiger partial charge on any atom is -0.381 e. The SMILES string of the molecule is CC(C)(O)C(=O)N(c1sccc1C(N)=O)S(=O)(=O)c1nc(Cl)ccc1C(F)(F)F. The second-order valence-corrected chi connectivity index (χ2v) is 9.11. The lowest BCUT2D eigenvalue weighted by Gasteiger charge is -2.28. The first-order chi connectivity index (χ1) is 13.1. The van der Waals surface area contributed by atoms with E-state index in [9.17, 15) is 36.3 Å². The number of sulfonamides is 1. The average molecular weight is 472 g/mol. The molecule has 2 heterocycles. The molecule has 8 nitrogen and oxygen atoms in total. The zero-order valence-electron chi connectivity index (χ0n) is 14.7. The van der Waals surface area contributed by atoms with Crippen LogP contribution in [0.4, 0.5) is 18.2 Å². The largest absolute Gasteiger partial charge is 0.419 e. The predicted molar refractivity (Wildman–Crippen MR) is 98.1 cm³/mol. The Balaban J connectivity index is 2.88. The van der Waals surface area contributed by atoms with E-state index in [2.05, 4.69) is 4.98 Å². The number of alkyl halides is 3. The van der Waals surface area contributed by atoms with Crippen LogP contribution < -0.4 is 10.0 Å². The molecule has 29 heavy (non-hydrogen) atoms. The highest BCUT2D eigenvalue weighted by Gasteiger charge is 2.46. The van der Waals surface area contributed by atoms with Crippen LogP contribution in [0.25, 0.3) is 0 Å². The number of pyridine rings is 1. The van der Waals surface area contributed by atoms with E-state index in [1.54, 1.807) is 0 Å². The van der Waals surface area contributed by atoms with Crippen LogP contribution in [0.3, 0.4) is 0 Å². The molecule has 0 aromatic carbocycles. The number of halogens is 4. The Morgan fingerprint density at radius 1 is 1.24 bits per heavy atom. The number of nitrogens with two attached hydrogens (primary N) is 1. The van der Waals surface area contributed by atoms with Gasteiger partial charge in [0, 0.05) is 0 Å². The number of carbonyl (C=O) groups excluding carboxylic acids is 2. The van der Waals surface area contributed by atoms with E-state index in [0.717, 1.165) is 26.0 Å². The fraction of sp³-hybridized carbons (Fsp3) is 0.267. The number of carbonyl (C=O) groups is 2. The van der Waals surface area contributed by atoms with Gasteiger partial charge in [0.15, 0.2) is 5.03 Å². The van der Waals surface area contributed by atoms with Crippen LogP contribution in [-0.4, -0.2) is 35.9 Å². The van der Waals surface area contributed by atoms with Crippen LogP contribution in [0.1, 0.15) is 29.8 Å². The van der Waals surface area contributed by atoms with E-state index in [1.807, 2.05) is 0 Å². The van der Waals surface area contributed by atoms with Gasteiger partial charge in [-0.2, -0.15) is 25.9 Å². The van der Waals surface area contributed by atoms with Gasteiger partial charge in [-0.25, -0.2) is 4.98 Å². The maximum Gasteiger partial charge on any atom is 0.419 e. The van der Waals surface area contributed by atoms with E-state index in [0.29, 0.717) is 17.4 Å². The molecule has 0 saturated carbocycles. The number of nitrogens with zero attached hydrogens (tertiary/aromatic N) is 2. The maximum atomic E-state index is 13.4. The Hall–Kier alpha value is -2.22. The van der Waals surface area contributed by atoms with Gasteiger partial charge in [-0.1, -0.05) is 11.6 Å². The molecule has 2 aromatic heterocycles. The molecule has 2 rings (SSSR count). The summed E-state index contributed by atoms with van der Waals surface area (Å²) in [4.78, 5) is 27.6. The minimum absolute atomic E-state index is 0.119. The molecule has 0 aliphatic heterocycles. The number of hydrogen-bond acceptors (Lipinski definition) is 7. The zero-order chi connectivity index (χ0) is 22.4. The monoisotopic (exact) mass is 471 g/mol. The highest BCUT2D eigenvalue weighted by atomic mass is 35.5. The first-order valence-electron chi connectivity index (χ1n) is 7.51. The van der Waals surface area contributed by atoms with Crippen molar-refractivity contribution < 1.29 is 36.3 Å². The van der Waals surface area contributed by atoms with Crippen molar-refractivity contribution in [2.75, 3.05) is 4.31 Å². The van der Waals surface area contributed by atoms with Crippen LogP contribution in [-0.2, 0) is 21.0 Å². The third-order valence-electron chi connectivity index (χ3n) is 3.42. The van der Waals surface area contributed by atoms with Crippen molar-refractivity contribution in [3.05, 3.63) is 39.9 Å². The molecule has 0 spiro atoms. The quantitative estimate of drug-likeness (QED) is 0.644. The zero-order valence-corrected chi connectivity index (χ0v) is 17.1. The van der Waals surface area contributed by atoms with E-state index in [-0.39, 0.29) is 4.31 Å². The maximum absolute atomic E-state index is 13.4. The highest BCUT2D eigenvalue weighted by molar-refractivity contribution is 7.93. The lowest BCUT2D eigenvalue weighted by atomic mass is 10.1. The van der Waals surface area contributed by atoms with Gasteiger partial charge in [-0.15, -0.1) is 11.3 Å². The van der Waals surface area contributed by atoms with Crippen molar-refractivity contribution in [2.45, 2.75) is 30.7 Å². The van der Waals surface area contributed by atoms with Gasteiger partial charge in [0.2, 0.25) is 0 Å². The molecule has 0 saturated heterocycles. The summed E-state index contributed by atoms with van der Waals surface area (Å²) in [6.45, 7) is 1.84. The van der Waals surface area contributed by atoms with Gasteiger partial charge in [0.05, 0.1) is 11.1 Å². The lowest BCUT2D eigenvalue weighted by molar-refractivity contribution is -0.140. The number of amides is 2. The number of anilines is 1. The first kappa shape index (κ1) is 23.1. The smallest absolute Gasteiger partial charge is 0.381 e. The molecule has 2 aromatic rings. The standard InChI is InChI=1S/C15H13ClF3N3O5S2/c1-14(2,25)13(24)22(12-7(10(20)23)5-6-28-12)29(26,27)11-8(15(17,18)19)3-4-9(16)21-11/h3-6,25H,1-2H3,(H2,20,23). The summed E-state index contributed by atoms with van der Waals surface area (Å²) in [6, 6.07) is 2.20. The van der Waals surface area contributed by atoms with Crippen molar-refractivity contribution in [2.24, 2.45) is 5.73 Å². The van der Waals surface area contributed by atoms with Gasteiger partial charge in [-0.05, 0) is 37.4 Å². The molecule has 0 fully saturated rings. The predicted octanol–water partition coefficient (Wildman–Crippen LogP) is 2.41. The average Bonchev–Trinajstić information content (AvgIpc) is 3.02. The summed E-state index contributed by atoms with van der Waals surface area (Å²) in [5, 5.41) is 8.49. The van der Waals surface area contributed by atoms with Crippen LogP contribution in [0.5, 0.6) is 0 Å². The third-order valence-corrected chi connectivity index (χ3v) is 6.27. The number of aromatic nitrogens is 1. The normalized spacial score (nSPS) is 12.7. The number of thiophene rings is 1. The number of aliphatic hydroxyl groups is 1.